The van der Waals surface area contributed by atoms with Crippen LogP contribution in [-0.4, -0.2) is 60.7 Å². The molecule has 0 unspecified atom stereocenters. The molecule has 0 atom stereocenters. The van der Waals surface area contributed by atoms with Crippen molar-refractivity contribution >= 4 is 27.6 Å². The summed E-state index contributed by atoms with van der Waals surface area (Å²) in [6.45, 7) is 0.851. The maximum Gasteiger partial charge on any atom is 0.319 e. The van der Waals surface area contributed by atoms with E-state index in [4.69, 9.17) is 0 Å². The zero-order chi connectivity index (χ0) is 26.4. The molecule has 0 aliphatic carbocycles. The van der Waals surface area contributed by atoms with Gasteiger partial charge in [0.25, 0.3) is 0 Å². The summed E-state index contributed by atoms with van der Waals surface area (Å²) in [5.41, 5.74) is 1.61. The van der Waals surface area contributed by atoms with Crippen LogP contribution in [0.3, 0.4) is 0 Å². The van der Waals surface area contributed by atoms with Crippen molar-refractivity contribution in [2.45, 2.75) is 17.9 Å². The van der Waals surface area contributed by atoms with E-state index in [9.17, 15) is 26.8 Å². The zero-order valence-corrected chi connectivity index (χ0v) is 20.5. The highest BCUT2D eigenvalue weighted by atomic mass is 32.2. The number of urea groups is 1. The number of nitrogens with one attached hydrogen (secondary N) is 2. The third-order valence-corrected chi connectivity index (χ3v) is 7.77. The number of rotatable bonds is 7. The van der Waals surface area contributed by atoms with Crippen LogP contribution in [0.25, 0.3) is 0 Å². The van der Waals surface area contributed by atoms with Crippen LogP contribution in [0.15, 0.2) is 71.9 Å². The van der Waals surface area contributed by atoms with E-state index in [1.54, 1.807) is 18.5 Å². The Morgan fingerprint density at radius 1 is 0.919 bits per heavy atom. The first-order valence-corrected chi connectivity index (χ1v) is 12.9. The molecule has 1 aliphatic rings. The second-order valence-corrected chi connectivity index (χ2v) is 10.3. The Balaban J connectivity index is 1.28. The van der Waals surface area contributed by atoms with E-state index in [2.05, 4.69) is 15.6 Å². The molecule has 37 heavy (non-hydrogen) atoms. The Bertz CT molecular complexity index is 1360. The van der Waals surface area contributed by atoms with Crippen LogP contribution < -0.4 is 10.6 Å². The number of nitrogens with zero attached hydrogens (tertiary/aromatic N) is 3. The van der Waals surface area contributed by atoms with Crippen molar-refractivity contribution in [1.82, 2.24) is 19.5 Å². The Morgan fingerprint density at radius 2 is 1.65 bits per heavy atom. The van der Waals surface area contributed by atoms with Gasteiger partial charge in [-0.15, -0.1) is 0 Å². The van der Waals surface area contributed by atoms with E-state index in [-0.39, 0.29) is 43.4 Å². The molecule has 2 heterocycles. The lowest BCUT2D eigenvalue weighted by atomic mass is 10.1. The molecule has 3 amide bonds. The Labute approximate surface area is 213 Å². The average molecular weight is 530 g/mol. The molecule has 12 heteroatoms. The van der Waals surface area contributed by atoms with E-state index in [1.165, 1.54) is 39.5 Å². The molecule has 0 radical (unpaired) electrons. The highest BCUT2D eigenvalue weighted by molar-refractivity contribution is 7.89. The van der Waals surface area contributed by atoms with E-state index >= 15 is 0 Å². The topological polar surface area (TPSA) is 112 Å². The van der Waals surface area contributed by atoms with Crippen LogP contribution >= 0.6 is 0 Å². The number of piperazine rings is 1. The molecule has 4 rings (SSSR count). The minimum atomic E-state index is -3.80. The van der Waals surface area contributed by atoms with Crippen molar-refractivity contribution in [1.29, 1.82) is 0 Å². The molecule has 0 saturated carbocycles. The summed E-state index contributed by atoms with van der Waals surface area (Å²) in [5, 5.41) is 5.34. The van der Waals surface area contributed by atoms with Crippen molar-refractivity contribution in [2.24, 2.45) is 0 Å². The fourth-order valence-electron chi connectivity index (χ4n) is 3.83. The van der Waals surface area contributed by atoms with Gasteiger partial charge in [-0.2, -0.15) is 4.31 Å². The van der Waals surface area contributed by atoms with Crippen LogP contribution in [0.1, 0.15) is 11.1 Å². The van der Waals surface area contributed by atoms with E-state index in [1.807, 2.05) is 6.07 Å². The van der Waals surface area contributed by atoms with Crippen LogP contribution in [0.5, 0.6) is 0 Å². The number of halogens is 2. The number of hydrogen-bond acceptors (Lipinski definition) is 5. The number of aromatic nitrogens is 1. The van der Waals surface area contributed by atoms with Gasteiger partial charge in [-0.25, -0.2) is 22.0 Å². The van der Waals surface area contributed by atoms with Gasteiger partial charge in [-0.3, -0.25) is 9.78 Å². The summed E-state index contributed by atoms with van der Waals surface area (Å²) in [6.07, 6.45) is 3.18. The highest BCUT2D eigenvalue weighted by Gasteiger charge is 2.30. The Morgan fingerprint density at radius 3 is 2.30 bits per heavy atom. The molecule has 2 N–H and O–H groups in total. The van der Waals surface area contributed by atoms with Gasteiger partial charge in [-0.05, 0) is 53.6 Å². The summed E-state index contributed by atoms with van der Waals surface area (Å²) in [4.78, 5) is 30.2. The third-order valence-electron chi connectivity index (χ3n) is 5.86. The molecule has 3 aromatic rings. The number of carbonyl (C=O) groups excluding carboxylic acids is 2. The van der Waals surface area contributed by atoms with Gasteiger partial charge < -0.3 is 15.5 Å². The number of amides is 3. The molecule has 0 spiro atoms. The predicted octanol–water partition coefficient (Wildman–Crippen LogP) is 2.76. The summed E-state index contributed by atoms with van der Waals surface area (Å²) in [6, 6.07) is 12.3. The van der Waals surface area contributed by atoms with Crippen LogP contribution in [0.2, 0.25) is 0 Å². The molecule has 1 aromatic heterocycles. The smallest absolute Gasteiger partial charge is 0.319 e. The minimum absolute atomic E-state index is 0.0652. The Hall–Kier alpha value is -3.90. The molecule has 1 saturated heterocycles. The molecule has 1 fully saturated rings. The number of hydrogen-bond donors (Lipinski definition) is 2. The molecule has 2 aromatic carbocycles. The van der Waals surface area contributed by atoms with Crippen molar-refractivity contribution in [2.75, 3.05) is 31.5 Å². The first kappa shape index (κ1) is 26.2. The lowest BCUT2D eigenvalue weighted by Crippen LogP contribution is -2.50. The second-order valence-electron chi connectivity index (χ2n) is 8.40. The fourth-order valence-corrected chi connectivity index (χ4v) is 5.26. The summed E-state index contributed by atoms with van der Waals surface area (Å²) in [7, 11) is -3.80. The van der Waals surface area contributed by atoms with Gasteiger partial charge in [0.2, 0.25) is 15.9 Å². The quantitative estimate of drug-likeness (QED) is 0.489. The molecular weight excluding hydrogens is 504 g/mol. The summed E-state index contributed by atoms with van der Waals surface area (Å²) < 4.78 is 53.9. The lowest BCUT2D eigenvalue weighted by molar-refractivity contribution is -0.131. The van der Waals surface area contributed by atoms with Crippen LogP contribution in [0.4, 0.5) is 19.3 Å². The number of sulfonamides is 1. The monoisotopic (exact) mass is 529 g/mol. The normalized spacial score (nSPS) is 14.3. The fraction of sp³-hybridized carbons (Fsp3) is 0.240. The SMILES string of the molecule is O=C(NCc1cccnc1)Nc1ccc(S(=O)(=O)N2CCN(C(=O)Cc3ccc(F)c(F)c3)CC2)cc1. The first-order chi connectivity index (χ1) is 17.7. The maximum atomic E-state index is 13.4. The lowest BCUT2D eigenvalue weighted by Gasteiger charge is -2.34. The van der Waals surface area contributed by atoms with E-state index < -0.39 is 27.7 Å². The highest BCUT2D eigenvalue weighted by Crippen LogP contribution is 2.20. The number of pyridine rings is 1. The maximum absolute atomic E-state index is 13.4. The van der Waals surface area contributed by atoms with Gasteiger partial charge in [0.05, 0.1) is 11.3 Å². The number of anilines is 1. The third kappa shape index (κ3) is 6.66. The molecule has 0 bridgehead atoms. The van der Waals surface area contributed by atoms with Crippen LogP contribution in [-0.2, 0) is 27.8 Å². The van der Waals surface area contributed by atoms with Crippen LogP contribution in [0, 0.1) is 11.6 Å². The molecular formula is C25H25F2N5O4S. The zero-order valence-electron chi connectivity index (χ0n) is 19.7. The molecule has 1 aliphatic heterocycles. The number of benzene rings is 2. The van der Waals surface area contributed by atoms with Gasteiger partial charge >= 0.3 is 6.03 Å². The average Bonchev–Trinajstić information content (AvgIpc) is 2.90. The largest absolute Gasteiger partial charge is 0.340 e. The van der Waals surface area contributed by atoms with Crippen molar-refractivity contribution in [3.63, 3.8) is 0 Å². The number of carbonyl (C=O) groups is 2. The van der Waals surface area contributed by atoms with Gasteiger partial charge in [0.1, 0.15) is 0 Å². The van der Waals surface area contributed by atoms with Gasteiger partial charge in [0, 0.05) is 50.8 Å². The molecule has 194 valence electrons. The predicted molar refractivity (Wildman–Crippen MR) is 132 cm³/mol. The summed E-state index contributed by atoms with van der Waals surface area (Å²) in [5.74, 6) is -2.30. The van der Waals surface area contributed by atoms with E-state index in [0.717, 1.165) is 17.7 Å². The minimum Gasteiger partial charge on any atom is -0.340 e. The van der Waals surface area contributed by atoms with E-state index in [0.29, 0.717) is 17.8 Å². The van der Waals surface area contributed by atoms with Crippen molar-refractivity contribution < 1.29 is 26.8 Å². The standard InChI is InChI=1S/C25H25F2N5O4S/c26-22-8-3-18(14-23(22)27)15-24(33)31-10-12-32(13-11-31)37(35,36)21-6-4-20(5-7-21)30-25(34)29-17-19-2-1-9-28-16-19/h1-9,14,16H,10-13,15,17H2,(H2,29,30,34). The Kier molecular flexibility index (Phi) is 8.09. The van der Waals surface area contributed by atoms with Crippen molar-refractivity contribution in [3.8, 4) is 0 Å². The summed E-state index contributed by atoms with van der Waals surface area (Å²) >= 11 is 0. The second kappa shape index (κ2) is 11.4. The molecule has 9 nitrogen and oxygen atoms in total. The van der Waals surface area contributed by atoms with Gasteiger partial charge in [-0.1, -0.05) is 12.1 Å². The first-order valence-electron chi connectivity index (χ1n) is 11.5. The van der Waals surface area contributed by atoms with Crippen molar-refractivity contribution in [3.05, 3.63) is 89.8 Å². The van der Waals surface area contributed by atoms with Gasteiger partial charge in [0.15, 0.2) is 11.6 Å².